The van der Waals surface area contributed by atoms with Crippen molar-refractivity contribution in [3.05, 3.63) is 28.9 Å². The maximum absolute atomic E-state index is 10.6. The average molecular weight is 226 g/mol. The van der Waals surface area contributed by atoms with Crippen LogP contribution in [0.1, 0.15) is 12.6 Å². The van der Waals surface area contributed by atoms with Crippen molar-refractivity contribution in [2.45, 2.75) is 13.5 Å². The molecule has 0 radical (unpaired) electrons. The molecule has 0 aliphatic heterocycles. The Morgan fingerprint density at radius 3 is 3.13 bits per heavy atom. The Bertz CT molecular complexity index is 506. The van der Waals surface area contributed by atoms with Gasteiger partial charge in [-0.05, 0) is 12.1 Å². The van der Waals surface area contributed by atoms with Crippen LogP contribution in [-0.2, 0) is 16.1 Å². The smallest absolute Gasteiger partial charge is 0.303 e. The van der Waals surface area contributed by atoms with Gasteiger partial charge in [-0.2, -0.15) is 0 Å². The summed E-state index contributed by atoms with van der Waals surface area (Å²) in [5, 5.41) is 5.18. The quantitative estimate of drug-likeness (QED) is 0.737. The molecule has 1 aromatic carbocycles. The van der Waals surface area contributed by atoms with Crippen LogP contribution in [0, 0.1) is 0 Å². The van der Waals surface area contributed by atoms with E-state index in [-0.39, 0.29) is 12.6 Å². The van der Waals surface area contributed by atoms with Crippen LogP contribution in [0.4, 0.5) is 0 Å². The molecule has 0 aliphatic carbocycles. The lowest BCUT2D eigenvalue weighted by molar-refractivity contribution is -0.142. The summed E-state index contributed by atoms with van der Waals surface area (Å²) in [6.07, 6.45) is 0. The third kappa shape index (κ3) is 2.10. The summed E-state index contributed by atoms with van der Waals surface area (Å²) < 4.78 is 9.87. The van der Waals surface area contributed by atoms with Gasteiger partial charge < -0.3 is 9.26 Å². The van der Waals surface area contributed by atoms with Crippen LogP contribution in [-0.4, -0.2) is 11.1 Å². The lowest BCUT2D eigenvalue weighted by Crippen LogP contribution is -1.98. The van der Waals surface area contributed by atoms with Gasteiger partial charge >= 0.3 is 5.97 Å². The molecule has 0 saturated carbocycles. The summed E-state index contributed by atoms with van der Waals surface area (Å²) >= 11 is 5.78. The highest BCUT2D eigenvalue weighted by atomic mass is 35.5. The molecule has 0 bridgehead atoms. The van der Waals surface area contributed by atoms with Gasteiger partial charge in [0.05, 0.1) is 0 Å². The predicted molar refractivity (Wildman–Crippen MR) is 54.5 cm³/mol. The molecule has 0 atom stereocenters. The second-order valence-electron chi connectivity index (χ2n) is 3.05. The Balaban J connectivity index is 2.32. The highest BCUT2D eigenvalue weighted by Gasteiger charge is 2.09. The van der Waals surface area contributed by atoms with Crippen LogP contribution >= 0.6 is 11.6 Å². The Labute approximate surface area is 90.8 Å². The molecule has 15 heavy (non-hydrogen) atoms. The molecule has 78 valence electrons. The molecule has 0 unspecified atom stereocenters. The van der Waals surface area contributed by atoms with E-state index in [9.17, 15) is 4.79 Å². The molecule has 0 fully saturated rings. The standard InChI is InChI=1S/C10H8ClNO3/c1-6(13)14-5-9-8-3-2-7(11)4-10(8)15-12-9/h2-4H,5H2,1H3. The molecule has 0 amide bonds. The third-order valence-electron chi connectivity index (χ3n) is 1.92. The zero-order valence-electron chi connectivity index (χ0n) is 7.99. The van der Waals surface area contributed by atoms with Crippen molar-refractivity contribution in [3.8, 4) is 0 Å². The van der Waals surface area contributed by atoms with Gasteiger partial charge in [-0.25, -0.2) is 0 Å². The monoisotopic (exact) mass is 225 g/mol. The minimum atomic E-state index is -0.347. The van der Waals surface area contributed by atoms with Crippen LogP contribution in [0.25, 0.3) is 11.0 Å². The van der Waals surface area contributed by atoms with Crippen LogP contribution in [0.3, 0.4) is 0 Å². The van der Waals surface area contributed by atoms with E-state index in [0.717, 1.165) is 5.39 Å². The first kappa shape index (κ1) is 9.98. The van der Waals surface area contributed by atoms with E-state index in [1.807, 2.05) is 0 Å². The maximum atomic E-state index is 10.6. The minimum Gasteiger partial charge on any atom is -0.459 e. The Hall–Kier alpha value is -1.55. The largest absolute Gasteiger partial charge is 0.459 e. The van der Waals surface area contributed by atoms with E-state index in [1.165, 1.54) is 6.92 Å². The number of esters is 1. The molecular formula is C10H8ClNO3. The molecule has 0 N–H and O–H groups in total. The fourth-order valence-corrected chi connectivity index (χ4v) is 1.40. The van der Waals surface area contributed by atoms with Gasteiger partial charge in [0.2, 0.25) is 0 Å². The number of carbonyl (C=O) groups excluding carboxylic acids is 1. The topological polar surface area (TPSA) is 52.3 Å². The average Bonchev–Trinajstić information content (AvgIpc) is 2.57. The number of nitrogens with zero attached hydrogens (tertiary/aromatic N) is 1. The fraction of sp³-hybridized carbons (Fsp3) is 0.200. The number of benzene rings is 1. The molecule has 2 aromatic rings. The highest BCUT2D eigenvalue weighted by molar-refractivity contribution is 6.31. The van der Waals surface area contributed by atoms with Crippen LogP contribution in [0.5, 0.6) is 0 Å². The summed E-state index contributed by atoms with van der Waals surface area (Å²) in [5.74, 6) is -0.347. The summed E-state index contributed by atoms with van der Waals surface area (Å²) in [5.41, 5.74) is 1.18. The van der Waals surface area contributed by atoms with Gasteiger partial charge in [0.1, 0.15) is 12.3 Å². The first-order valence-corrected chi connectivity index (χ1v) is 4.72. The van der Waals surface area contributed by atoms with E-state index < -0.39 is 0 Å². The number of carbonyl (C=O) groups is 1. The van der Waals surface area contributed by atoms with Gasteiger partial charge in [-0.1, -0.05) is 16.8 Å². The molecule has 0 spiro atoms. The van der Waals surface area contributed by atoms with Gasteiger partial charge in [-0.15, -0.1) is 0 Å². The van der Waals surface area contributed by atoms with E-state index >= 15 is 0 Å². The first-order valence-electron chi connectivity index (χ1n) is 4.34. The second kappa shape index (κ2) is 3.90. The lowest BCUT2D eigenvalue weighted by Gasteiger charge is -1.97. The van der Waals surface area contributed by atoms with Crippen molar-refractivity contribution in [1.29, 1.82) is 0 Å². The zero-order chi connectivity index (χ0) is 10.8. The van der Waals surface area contributed by atoms with Crippen molar-refractivity contribution in [1.82, 2.24) is 5.16 Å². The number of rotatable bonds is 2. The van der Waals surface area contributed by atoms with Crippen LogP contribution < -0.4 is 0 Å². The predicted octanol–water partition coefficient (Wildman–Crippen LogP) is 2.54. The molecule has 1 heterocycles. The van der Waals surface area contributed by atoms with Gasteiger partial charge in [0.25, 0.3) is 0 Å². The molecular weight excluding hydrogens is 218 g/mol. The summed E-state index contributed by atoms with van der Waals surface area (Å²) in [4.78, 5) is 10.6. The number of ether oxygens (including phenoxy) is 1. The van der Waals surface area contributed by atoms with E-state index in [2.05, 4.69) is 5.16 Å². The lowest BCUT2D eigenvalue weighted by atomic mass is 10.2. The van der Waals surface area contributed by atoms with Crippen molar-refractivity contribution >= 4 is 28.5 Å². The summed E-state index contributed by atoms with van der Waals surface area (Å²) in [6.45, 7) is 1.46. The van der Waals surface area contributed by atoms with E-state index in [0.29, 0.717) is 16.3 Å². The molecule has 0 aliphatic rings. The number of fused-ring (bicyclic) bond motifs is 1. The highest BCUT2D eigenvalue weighted by Crippen LogP contribution is 2.22. The maximum Gasteiger partial charge on any atom is 0.303 e. The fourth-order valence-electron chi connectivity index (χ4n) is 1.24. The van der Waals surface area contributed by atoms with Gasteiger partial charge in [0, 0.05) is 23.4 Å². The van der Waals surface area contributed by atoms with E-state index in [1.54, 1.807) is 18.2 Å². The Morgan fingerprint density at radius 2 is 2.40 bits per heavy atom. The minimum absolute atomic E-state index is 0.115. The van der Waals surface area contributed by atoms with Crippen LogP contribution in [0.15, 0.2) is 22.7 Å². The van der Waals surface area contributed by atoms with Crippen molar-refractivity contribution < 1.29 is 14.1 Å². The zero-order valence-corrected chi connectivity index (χ0v) is 8.75. The summed E-state index contributed by atoms with van der Waals surface area (Å²) in [6, 6.07) is 5.19. The summed E-state index contributed by atoms with van der Waals surface area (Å²) in [7, 11) is 0. The number of hydrogen-bond acceptors (Lipinski definition) is 4. The number of halogens is 1. The third-order valence-corrected chi connectivity index (χ3v) is 2.16. The van der Waals surface area contributed by atoms with Crippen LogP contribution in [0.2, 0.25) is 5.02 Å². The van der Waals surface area contributed by atoms with Crippen molar-refractivity contribution in [2.24, 2.45) is 0 Å². The first-order chi connectivity index (χ1) is 7.16. The molecule has 4 nitrogen and oxygen atoms in total. The van der Waals surface area contributed by atoms with Gasteiger partial charge in [0.15, 0.2) is 5.58 Å². The van der Waals surface area contributed by atoms with Crippen molar-refractivity contribution in [3.63, 3.8) is 0 Å². The number of hydrogen-bond donors (Lipinski definition) is 0. The molecule has 0 saturated heterocycles. The SMILES string of the molecule is CC(=O)OCc1noc2cc(Cl)ccc12. The second-order valence-corrected chi connectivity index (χ2v) is 3.49. The molecule has 5 heteroatoms. The van der Waals surface area contributed by atoms with E-state index in [4.69, 9.17) is 20.9 Å². The van der Waals surface area contributed by atoms with Gasteiger partial charge in [-0.3, -0.25) is 4.79 Å². The van der Waals surface area contributed by atoms with Crippen molar-refractivity contribution in [2.75, 3.05) is 0 Å². The normalized spacial score (nSPS) is 10.5. The molecule has 1 aromatic heterocycles. The Morgan fingerprint density at radius 1 is 1.60 bits per heavy atom. The molecule has 2 rings (SSSR count). The number of aromatic nitrogens is 1. The Kier molecular flexibility index (Phi) is 2.60.